The third-order valence-electron chi connectivity index (χ3n) is 2.38. The zero-order valence-electron chi connectivity index (χ0n) is 10.6. The van der Waals surface area contributed by atoms with Crippen molar-refractivity contribution in [2.45, 2.75) is 38.2 Å². The van der Waals surface area contributed by atoms with Crippen molar-refractivity contribution in [1.29, 1.82) is 0 Å². The molecule has 1 unspecified atom stereocenters. The lowest BCUT2D eigenvalue weighted by molar-refractivity contribution is 0.152. The van der Waals surface area contributed by atoms with Gasteiger partial charge in [0.05, 0.1) is 14.8 Å². The molecule has 0 saturated heterocycles. The number of rotatable bonds is 6. The van der Waals surface area contributed by atoms with Crippen LogP contribution in [-0.2, 0) is 10.0 Å². The Morgan fingerprint density at radius 3 is 2.56 bits per heavy atom. The molecule has 0 radical (unpaired) electrons. The summed E-state index contributed by atoms with van der Waals surface area (Å²) in [4.78, 5) is 1.00. The summed E-state index contributed by atoms with van der Waals surface area (Å²) in [6.07, 6.45) is -0.0726. The number of nitrogens with one attached hydrogen (secondary N) is 1. The van der Waals surface area contributed by atoms with E-state index in [1.165, 1.54) is 11.3 Å². The van der Waals surface area contributed by atoms with Gasteiger partial charge in [-0.15, -0.1) is 11.3 Å². The van der Waals surface area contributed by atoms with Crippen molar-refractivity contribution in [3.63, 3.8) is 0 Å². The van der Waals surface area contributed by atoms with E-state index in [0.717, 1.165) is 8.66 Å². The minimum absolute atomic E-state index is 0.0490. The van der Waals surface area contributed by atoms with E-state index < -0.39 is 16.1 Å². The van der Waals surface area contributed by atoms with Crippen molar-refractivity contribution >= 4 is 37.3 Å². The molecule has 0 amide bonds. The highest BCUT2D eigenvalue weighted by atomic mass is 79.9. The molecule has 2 N–H and O–H groups in total. The summed E-state index contributed by atoms with van der Waals surface area (Å²) in [5, 5.41) is 9.67. The number of aliphatic hydroxyl groups is 1. The standard InChI is InChI=1S/C11H18BrNO3S2/c1-7(2)4-9(14)6-13-18(15,16)10-5-11(12)17-8(10)3/h5,7,9,13-14H,4,6H2,1-3H3. The van der Waals surface area contributed by atoms with Crippen LogP contribution in [0.1, 0.15) is 25.1 Å². The van der Waals surface area contributed by atoms with Gasteiger partial charge in [0.15, 0.2) is 0 Å². The van der Waals surface area contributed by atoms with Gasteiger partial charge < -0.3 is 5.11 Å². The van der Waals surface area contributed by atoms with E-state index in [4.69, 9.17) is 0 Å². The Hall–Kier alpha value is 0.0500. The first-order chi connectivity index (χ1) is 8.22. The van der Waals surface area contributed by atoms with Crippen LogP contribution in [0.15, 0.2) is 14.7 Å². The Labute approximate surface area is 121 Å². The molecule has 1 heterocycles. The topological polar surface area (TPSA) is 66.4 Å². The predicted molar refractivity (Wildman–Crippen MR) is 77.4 cm³/mol. The van der Waals surface area contributed by atoms with Crippen LogP contribution in [0.5, 0.6) is 0 Å². The molecule has 0 saturated carbocycles. The molecular weight excluding hydrogens is 338 g/mol. The normalized spacial score (nSPS) is 14.1. The van der Waals surface area contributed by atoms with E-state index in [1.54, 1.807) is 13.0 Å². The molecular formula is C11H18BrNO3S2. The largest absolute Gasteiger partial charge is 0.392 e. The van der Waals surface area contributed by atoms with Crippen LogP contribution in [-0.4, -0.2) is 26.2 Å². The molecule has 7 heteroatoms. The second kappa shape index (κ2) is 6.47. The zero-order chi connectivity index (χ0) is 13.9. The van der Waals surface area contributed by atoms with Crippen molar-refractivity contribution in [1.82, 2.24) is 4.72 Å². The van der Waals surface area contributed by atoms with Gasteiger partial charge in [0.25, 0.3) is 0 Å². The fourth-order valence-corrected chi connectivity index (χ4v) is 5.09. The van der Waals surface area contributed by atoms with Crippen LogP contribution in [0.2, 0.25) is 0 Å². The quantitative estimate of drug-likeness (QED) is 0.823. The number of hydrogen-bond donors (Lipinski definition) is 2. The highest BCUT2D eigenvalue weighted by Crippen LogP contribution is 2.29. The van der Waals surface area contributed by atoms with Crippen LogP contribution in [0.4, 0.5) is 0 Å². The molecule has 0 aromatic carbocycles. The molecule has 0 spiro atoms. The summed E-state index contributed by atoms with van der Waals surface area (Å²) in [5.41, 5.74) is 0. The zero-order valence-corrected chi connectivity index (χ0v) is 13.8. The molecule has 18 heavy (non-hydrogen) atoms. The van der Waals surface area contributed by atoms with Gasteiger partial charge in [-0.2, -0.15) is 0 Å². The first kappa shape index (κ1) is 16.1. The van der Waals surface area contributed by atoms with E-state index >= 15 is 0 Å². The minimum Gasteiger partial charge on any atom is -0.392 e. The van der Waals surface area contributed by atoms with E-state index in [2.05, 4.69) is 20.7 Å². The molecule has 104 valence electrons. The molecule has 1 aromatic heterocycles. The predicted octanol–water partition coefficient (Wildman–Crippen LogP) is 2.50. The van der Waals surface area contributed by atoms with Crippen molar-refractivity contribution in [3.05, 3.63) is 14.7 Å². The lowest BCUT2D eigenvalue weighted by Crippen LogP contribution is -2.32. The highest BCUT2D eigenvalue weighted by molar-refractivity contribution is 9.11. The van der Waals surface area contributed by atoms with Crippen molar-refractivity contribution in [2.24, 2.45) is 5.92 Å². The summed E-state index contributed by atoms with van der Waals surface area (Å²) in [6, 6.07) is 1.58. The van der Waals surface area contributed by atoms with Gasteiger partial charge in [0.1, 0.15) is 0 Å². The fraction of sp³-hybridized carbons (Fsp3) is 0.636. The fourth-order valence-electron chi connectivity index (χ4n) is 1.61. The van der Waals surface area contributed by atoms with Gasteiger partial charge in [-0.05, 0) is 41.3 Å². The number of thiophene rings is 1. The molecule has 0 aliphatic heterocycles. The summed E-state index contributed by atoms with van der Waals surface area (Å²) < 4.78 is 27.3. The first-order valence-corrected chi connectivity index (χ1v) is 8.75. The lowest BCUT2D eigenvalue weighted by atomic mass is 10.1. The maximum absolute atomic E-state index is 12.0. The van der Waals surface area contributed by atoms with Gasteiger partial charge >= 0.3 is 0 Å². The Morgan fingerprint density at radius 2 is 2.11 bits per heavy atom. The third-order valence-corrected chi connectivity index (χ3v) is 5.62. The molecule has 1 aromatic rings. The van der Waals surface area contributed by atoms with Gasteiger partial charge in [-0.25, -0.2) is 13.1 Å². The molecule has 0 bridgehead atoms. The minimum atomic E-state index is -3.53. The van der Waals surface area contributed by atoms with E-state index in [0.29, 0.717) is 12.3 Å². The van der Waals surface area contributed by atoms with Crippen molar-refractivity contribution in [3.8, 4) is 0 Å². The number of aryl methyl sites for hydroxylation is 1. The molecule has 0 fully saturated rings. The van der Waals surface area contributed by atoms with Crippen LogP contribution < -0.4 is 4.72 Å². The van der Waals surface area contributed by atoms with Crippen molar-refractivity contribution < 1.29 is 13.5 Å². The van der Waals surface area contributed by atoms with E-state index in [1.807, 2.05) is 13.8 Å². The molecule has 0 aliphatic carbocycles. The summed E-state index contributed by atoms with van der Waals surface area (Å²) in [6.45, 7) is 5.78. The molecule has 1 atom stereocenters. The maximum Gasteiger partial charge on any atom is 0.241 e. The number of hydrogen-bond acceptors (Lipinski definition) is 4. The lowest BCUT2D eigenvalue weighted by Gasteiger charge is -2.13. The van der Waals surface area contributed by atoms with Gasteiger partial charge in [-0.1, -0.05) is 13.8 Å². The Morgan fingerprint density at radius 1 is 1.50 bits per heavy atom. The van der Waals surface area contributed by atoms with Gasteiger partial charge in [0.2, 0.25) is 10.0 Å². The second-order valence-corrected chi connectivity index (χ2v) is 8.98. The summed E-state index contributed by atoms with van der Waals surface area (Å²) in [5.74, 6) is 0.335. The molecule has 4 nitrogen and oxygen atoms in total. The van der Waals surface area contributed by atoms with Crippen LogP contribution in [0.25, 0.3) is 0 Å². The summed E-state index contributed by atoms with van der Waals surface area (Å²) >= 11 is 4.64. The highest BCUT2D eigenvalue weighted by Gasteiger charge is 2.20. The third kappa shape index (κ3) is 4.62. The van der Waals surface area contributed by atoms with Crippen LogP contribution in [0.3, 0.4) is 0 Å². The average Bonchev–Trinajstić information content (AvgIpc) is 2.55. The SMILES string of the molecule is Cc1sc(Br)cc1S(=O)(=O)NCC(O)CC(C)C. The monoisotopic (exact) mass is 355 g/mol. The van der Waals surface area contributed by atoms with Crippen LogP contribution >= 0.6 is 27.3 Å². The Kier molecular flexibility index (Phi) is 5.79. The maximum atomic E-state index is 12.0. The second-order valence-electron chi connectivity index (χ2n) is 4.61. The summed E-state index contributed by atoms with van der Waals surface area (Å²) in [7, 11) is -3.53. The Bertz CT molecular complexity index is 496. The molecule has 1 rings (SSSR count). The van der Waals surface area contributed by atoms with Gasteiger partial charge in [0, 0.05) is 11.4 Å². The van der Waals surface area contributed by atoms with E-state index in [9.17, 15) is 13.5 Å². The van der Waals surface area contributed by atoms with Gasteiger partial charge in [-0.3, -0.25) is 0 Å². The average molecular weight is 356 g/mol. The smallest absolute Gasteiger partial charge is 0.241 e. The number of aliphatic hydroxyl groups excluding tert-OH is 1. The van der Waals surface area contributed by atoms with Crippen molar-refractivity contribution in [2.75, 3.05) is 6.54 Å². The number of halogens is 1. The van der Waals surface area contributed by atoms with Crippen LogP contribution in [0, 0.1) is 12.8 Å². The van der Waals surface area contributed by atoms with E-state index in [-0.39, 0.29) is 11.4 Å². The number of sulfonamides is 1. The first-order valence-electron chi connectivity index (χ1n) is 5.66. The molecule has 0 aliphatic rings. The Balaban J connectivity index is 2.69.